The molecule has 3 aromatic rings. The smallest absolute Gasteiger partial charge is 0.0581 e. The summed E-state index contributed by atoms with van der Waals surface area (Å²) in [4.78, 5) is 4.54. The van der Waals surface area contributed by atoms with Gasteiger partial charge in [0, 0.05) is 35.2 Å². The van der Waals surface area contributed by atoms with Gasteiger partial charge >= 0.3 is 0 Å². The molecule has 2 nitrogen and oxygen atoms in total. The molecule has 0 saturated carbocycles. The van der Waals surface area contributed by atoms with E-state index in [0.717, 1.165) is 43.4 Å². The first kappa shape index (κ1) is 37.5. The first-order valence-corrected chi connectivity index (χ1v) is 19.1. The quantitative estimate of drug-likeness (QED) is 0.105. The summed E-state index contributed by atoms with van der Waals surface area (Å²) in [6, 6.07) is 33.3. The Morgan fingerprint density at radius 3 is 2.28 bits per heavy atom. The molecule has 2 heteroatoms. The third-order valence-electron chi connectivity index (χ3n) is 9.67. The van der Waals surface area contributed by atoms with Crippen molar-refractivity contribution < 1.29 is 0 Å². The summed E-state index contributed by atoms with van der Waals surface area (Å²) in [5, 5.41) is 0. The Hall–Kier alpha value is -6.30. The van der Waals surface area contributed by atoms with Crippen LogP contribution < -0.4 is 9.80 Å². The Labute approximate surface area is 323 Å². The molecule has 0 spiro atoms. The molecule has 3 aliphatic carbocycles. The normalized spacial score (nSPS) is 16.5. The molecule has 0 aromatic heterocycles. The largest absolute Gasteiger partial charge is 0.314 e. The number of allylic oxidation sites excluding steroid dienone is 20. The van der Waals surface area contributed by atoms with Gasteiger partial charge in [0.1, 0.15) is 0 Å². The molecule has 0 bridgehead atoms. The van der Waals surface area contributed by atoms with E-state index in [2.05, 4.69) is 212 Å². The van der Waals surface area contributed by atoms with Crippen molar-refractivity contribution in [2.75, 3.05) is 9.80 Å². The van der Waals surface area contributed by atoms with Crippen LogP contribution in [0.3, 0.4) is 0 Å². The van der Waals surface area contributed by atoms with Crippen LogP contribution in [0, 0.1) is 12.0 Å². The van der Waals surface area contributed by atoms with Gasteiger partial charge in [-0.25, -0.2) is 0 Å². The lowest BCUT2D eigenvalue weighted by Gasteiger charge is -2.30. The molecule has 1 unspecified atom stereocenters. The summed E-state index contributed by atoms with van der Waals surface area (Å²) >= 11 is 0. The van der Waals surface area contributed by atoms with Crippen LogP contribution in [0.15, 0.2) is 217 Å². The highest BCUT2D eigenvalue weighted by atomic mass is 15.2. The lowest BCUT2D eigenvalue weighted by atomic mass is 9.93. The van der Waals surface area contributed by atoms with E-state index in [-0.39, 0.29) is 6.04 Å². The molecule has 0 amide bonds. The van der Waals surface area contributed by atoms with Crippen molar-refractivity contribution in [3.05, 3.63) is 228 Å². The van der Waals surface area contributed by atoms with Crippen molar-refractivity contribution in [2.45, 2.75) is 52.0 Å². The second-order valence-electron chi connectivity index (χ2n) is 13.4. The molecule has 3 aliphatic rings. The molecule has 268 valence electrons. The standard InChI is InChI=1S/C52H50N2/c1-4-24-44(45-26-10-6-11-27-45)39-38-42(3)53(47-29-12-7-13-30-47)40-23-22-25-43(5-2)51-36-20-21-37-52(51)46-28-18-19-35-50(41-46)54(48-31-14-8-15-32-48)49-33-16-9-17-34-49/h4-8,10,12-16,18-22,24-26,28-34,36-39,41-42H,1,9,11,17,27,35H2,2-3H3/b25-22-,39-38-,43-5+,44-24+. The summed E-state index contributed by atoms with van der Waals surface area (Å²) in [5.74, 6) is 3.37. The van der Waals surface area contributed by atoms with Gasteiger partial charge in [0.05, 0.1) is 6.04 Å². The zero-order valence-corrected chi connectivity index (χ0v) is 31.6. The summed E-state index contributed by atoms with van der Waals surface area (Å²) in [7, 11) is 0. The maximum Gasteiger partial charge on any atom is 0.0581 e. The molecule has 1 atom stereocenters. The molecule has 0 radical (unpaired) electrons. The highest BCUT2D eigenvalue weighted by Gasteiger charge is 2.19. The van der Waals surface area contributed by atoms with Gasteiger partial charge < -0.3 is 4.90 Å². The molecule has 6 rings (SSSR count). The Balaban J connectivity index is 1.28. The van der Waals surface area contributed by atoms with Crippen LogP contribution in [-0.2, 0) is 0 Å². The predicted octanol–water partition coefficient (Wildman–Crippen LogP) is 13.4. The zero-order valence-electron chi connectivity index (χ0n) is 31.6. The minimum Gasteiger partial charge on any atom is -0.314 e. The number of anilines is 2. The number of benzene rings is 3. The van der Waals surface area contributed by atoms with Crippen molar-refractivity contribution in [3.63, 3.8) is 0 Å². The molecule has 54 heavy (non-hydrogen) atoms. The fraction of sp³-hybridized carbons (Fsp3) is 0.154. The van der Waals surface area contributed by atoms with Crippen LogP contribution in [0.5, 0.6) is 0 Å². The van der Waals surface area contributed by atoms with Crippen LogP contribution in [0.4, 0.5) is 11.4 Å². The highest BCUT2D eigenvalue weighted by Crippen LogP contribution is 2.35. The van der Waals surface area contributed by atoms with Gasteiger partial charge in [-0.3, -0.25) is 4.90 Å². The number of nitrogens with zero attached hydrogens (tertiary/aromatic N) is 2. The number of hydrogen-bond donors (Lipinski definition) is 0. The molecule has 0 heterocycles. The average molecular weight is 703 g/mol. The van der Waals surface area contributed by atoms with Crippen LogP contribution in [0.25, 0.3) is 11.1 Å². The summed E-state index contributed by atoms with van der Waals surface area (Å²) < 4.78 is 0. The maximum absolute atomic E-state index is 3.96. The van der Waals surface area contributed by atoms with Crippen LogP contribution >= 0.6 is 0 Å². The molecule has 3 aromatic carbocycles. The van der Waals surface area contributed by atoms with E-state index in [0.29, 0.717) is 0 Å². The first-order valence-electron chi connectivity index (χ1n) is 19.1. The van der Waals surface area contributed by atoms with Crippen molar-refractivity contribution >= 4 is 22.5 Å². The Morgan fingerprint density at radius 1 is 0.796 bits per heavy atom. The number of rotatable bonds is 12. The average Bonchev–Trinajstić information content (AvgIpc) is 3.48. The molecular formula is C52H50N2. The van der Waals surface area contributed by atoms with E-state index in [1.807, 2.05) is 18.2 Å². The van der Waals surface area contributed by atoms with Gasteiger partial charge in [-0.2, -0.15) is 0 Å². The summed E-state index contributed by atoms with van der Waals surface area (Å²) in [6.07, 6.45) is 42.2. The Bertz CT molecular complexity index is 2180. The number of hydrogen-bond acceptors (Lipinski definition) is 2. The van der Waals surface area contributed by atoms with E-state index in [9.17, 15) is 0 Å². The molecule has 0 aliphatic heterocycles. The predicted molar refractivity (Wildman–Crippen MR) is 234 cm³/mol. The molecule has 0 fully saturated rings. The lowest BCUT2D eigenvalue weighted by Crippen LogP contribution is -2.26. The highest BCUT2D eigenvalue weighted by molar-refractivity contribution is 5.88. The fourth-order valence-corrected chi connectivity index (χ4v) is 6.92. The van der Waals surface area contributed by atoms with Crippen molar-refractivity contribution in [2.24, 2.45) is 0 Å². The Kier molecular flexibility index (Phi) is 13.5. The monoisotopic (exact) mass is 702 g/mol. The summed E-state index contributed by atoms with van der Waals surface area (Å²) in [5.41, 5.74) is 11.9. The minimum absolute atomic E-state index is 0.0367. The van der Waals surface area contributed by atoms with Crippen molar-refractivity contribution in [1.29, 1.82) is 0 Å². The lowest BCUT2D eigenvalue weighted by molar-refractivity contribution is 0.874. The van der Waals surface area contributed by atoms with Crippen LogP contribution in [0.2, 0.25) is 0 Å². The molecular weight excluding hydrogens is 653 g/mol. The molecule has 0 N–H and O–H groups in total. The van der Waals surface area contributed by atoms with Crippen molar-refractivity contribution in [1.82, 2.24) is 0 Å². The van der Waals surface area contributed by atoms with Crippen molar-refractivity contribution in [3.8, 4) is 12.0 Å². The van der Waals surface area contributed by atoms with Crippen LogP contribution in [-0.4, -0.2) is 6.04 Å². The molecule has 0 saturated heterocycles. The van der Waals surface area contributed by atoms with Gasteiger partial charge in [0.15, 0.2) is 0 Å². The van der Waals surface area contributed by atoms with Crippen LogP contribution in [0.1, 0.15) is 57.1 Å². The van der Waals surface area contributed by atoms with E-state index < -0.39 is 0 Å². The summed E-state index contributed by atoms with van der Waals surface area (Å²) in [6.45, 7) is 8.24. The third kappa shape index (κ3) is 9.77. The Morgan fingerprint density at radius 2 is 1.56 bits per heavy atom. The maximum atomic E-state index is 3.96. The van der Waals surface area contributed by atoms with Gasteiger partial charge in [0.25, 0.3) is 0 Å². The van der Waals surface area contributed by atoms with Gasteiger partial charge in [-0.05, 0) is 122 Å². The van der Waals surface area contributed by atoms with E-state index in [1.54, 1.807) is 0 Å². The second-order valence-corrected chi connectivity index (χ2v) is 13.4. The topological polar surface area (TPSA) is 6.48 Å². The van der Waals surface area contributed by atoms with Gasteiger partial charge in [0.2, 0.25) is 0 Å². The van der Waals surface area contributed by atoms with Gasteiger partial charge in [-0.1, -0.05) is 152 Å². The second kappa shape index (κ2) is 19.5. The van der Waals surface area contributed by atoms with E-state index in [4.69, 9.17) is 0 Å². The third-order valence-corrected chi connectivity index (χ3v) is 9.67. The van der Waals surface area contributed by atoms with Gasteiger partial charge in [-0.15, -0.1) is 0 Å². The number of para-hydroxylation sites is 2. The zero-order chi connectivity index (χ0) is 37.4. The first-order chi connectivity index (χ1) is 26.7. The van der Waals surface area contributed by atoms with E-state index >= 15 is 0 Å². The fourth-order valence-electron chi connectivity index (χ4n) is 6.92. The van der Waals surface area contributed by atoms with E-state index in [1.165, 1.54) is 44.9 Å². The SMILES string of the molecule is C=C/C=C(\C=C/C(C)N(C#C/C=C\C(=C/C)c1ccccc1C1=CC=CCC(N(C2=CCCC=C2)c2ccccc2)=C1)c1ccccc1)C1=CC=CCC1. The minimum atomic E-state index is 0.0367.